The third kappa shape index (κ3) is 2.05. The van der Waals surface area contributed by atoms with E-state index in [-0.39, 0.29) is 5.82 Å². The monoisotopic (exact) mass is 236 g/mol. The molecule has 0 saturated heterocycles. The molecule has 0 fully saturated rings. The zero-order chi connectivity index (χ0) is 11.5. The van der Waals surface area contributed by atoms with Gasteiger partial charge < -0.3 is 5.73 Å². The molecule has 0 aliphatic rings. The largest absolute Gasteiger partial charge is 0.326 e. The van der Waals surface area contributed by atoms with E-state index in [1.807, 2.05) is 0 Å². The molecule has 1 aromatic heterocycles. The molecule has 1 heterocycles. The summed E-state index contributed by atoms with van der Waals surface area (Å²) < 4.78 is 13.7. The smallest absolute Gasteiger partial charge is 0.131 e. The first-order valence-corrected chi connectivity index (χ1v) is 5.18. The molecule has 0 spiro atoms. The van der Waals surface area contributed by atoms with Gasteiger partial charge in [-0.05, 0) is 35.4 Å². The van der Waals surface area contributed by atoms with Crippen LogP contribution in [0.3, 0.4) is 0 Å². The predicted octanol–water partition coefficient (Wildman–Crippen LogP) is 3.00. The minimum Gasteiger partial charge on any atom is -0.326 e. The molecule has 2 aromatic rings. The van der Waals surface area contributed by atoms with Gasteiger partial charge in [-0.25, -0.2) is 4.39 Å². The van der Waals surface area contributed by atoms with Gasteiger partial charge in [0.05, 0.1) is 0 Å². The fourth-order valence-corrected chi connectivity index (χ4v) is 1.73. The molecule has 0 bridgehead atoms. The number of pyridine rings is 1. The average Bonchev–Trinajstić information content (AvgIpc) is 2.32. The summed E-state index contributed by atoms with van der Waals surface area (Å²) in [6.45, 7) is 0.315. The summed E-state index contributed by atoms with van der Waals surface area (Å²) in [5.41, 5.74) is 7.56. The molecule has 2 N–H and O–H groups in total. The number of halogens is 2. The zero-order valence-electron chi connectivity index (χ0n) is 8.45. The zero-order valence-corrected chi connectivity index (χ0v) is 9.21. The number of hydrogen-bond acceptors (Lipinski definition) is 2. The highest BCUT2D eigenvalue weighted by Gasteiger charge is 2.09. The van der Waals surface area contributed by atoms with E-state index in [1.165, 1.54) is 12.1 Å². The van der Waals surface area contributed by atoms with Gasteiger partial charge in [-0.1, -0.05) is 11.6 Å². The van der Waals surface area contributed by atoms with Gasteiger partial charge >= 0.3 is 0 Å². The van der Waals surface area contributed by atoms with Crippen LogP contribution in [0.2, 0.25) is 5.02 Å². The second-order valence-corrected chi connectivity index (χ2v) is 3.80. The van der Waals surface area contributed by atoms with Crippen molar-refractivity contribution in [2.75, 3.05) is 0 Å². The third-order valence-corrected chi connectivity index (χ3v) is 2.58. The van der Waals surface area contributed by atoms with Gasteiger partial charge in [-0.15, -0.1) is 0 Å². The molecule has 0 saturated carbocycles. The molecule has 82 valence electrons. The van der Waals surface area contributed by atoms with Gasteiger partial charge in [0.1, 0.15) is 5.82 Å². The quantitative estimate of drug-likeness (QED) is 0.871. The SMILES string of the molecule is NCc1cnccc1-c1cc(Cl)ccc1F. The van der Waals surface area contributed by atoms with Gasteiger partial charge in [0, 0.05) is 29.5 Å². The molecule has 2 nitrogen and oxygen atoms in total. The van der Waals surface area contributed by atoms with Crippen LogP contribution in [0.4, 0.5) is 4.39 Å². The molecule has 0 atom stereocenters. The third-order valence-electron chi connectivity index (χ3n) is 2.34. The molecule has 4 heteroatoms. The van der Waals surface area contributed by atoms with E-state index in [0.29, 0.717) is 17.1 Å². The molecule has 1 aromatic carbocycles. The van der Waals surface area contributed by atoms with Gasteiger partial charge in [0.15, 0.2) is 0 Å². The lowest BCUT2D eigenvalue weighted by atomic mass is 10.0. The van der Waals surface area contributed by atoms with Crippen LogP contribution in [0.25, 0.3) is 11.1 Å². The molecule has 0 radical (unpaired) electrons. The van der Waals surface area contributed by atoms with E-state index in [1.54, 1.807) is 24.5 Å². The Morgan fingerprint density at radius 2 is 2.06 bits per heavy atom. The molecule has 16 heavy (non-hydrogen) atoms. The molecule has 0 unspecified atom stereocenters. The maximum atomic E-state index is 13.7. The molecular weight excluding hydrogens is 227 g/mol. The Balaban J connectivity index is 2.62. The van der Waals surface area contributed by atoms with Crippen molar-refractivity contribution in [3.05, 3.63) is 53.1 Å². The number of nitrogens with two attached hydrogens (primary N) is 1. The van der Waals surface area contributed by atoms with Crippen molar-refractivity contribution in [3.8, 4) is 11.1 Å². The summed E-state index contributed by atoms with van der Waals surface area (Å²) >= 11 is 5.85. The highest BCUT2D eigenvalue weighted by molar-refractivity contribution is 6.30. The second kappa shape index (κ2) is 4.60. The molecule has 0 aliphatic heterocycles. The van der Waals surface area contributed by atoms with Crippen LogP contribution in [-0.4, -0.2) is 4.98 Å². The number of rotatable bonds is 2. The van der Waals surface area contributed by atoms with E-state index in [0.717, 1.165) is 11.1 Å². The van der Waals surface area contributed by atoms with Crippen molar-refractivity contribution in [2.24, 2.45) is 5.73 Å². The van der Waals surface area contributed by atoms with E-state index < -0.39 is 0 Å². The van der Waals surface area contributed by atoms with Crippen molar-refractivity contribution in [3.63, 3.8) is 0 Å². The Morgan fingerprint density at radius 1 is 1.25 bits per heavy atom. The summed E-state index contributed by atoms with van der Waals surface area (Å²) in [7, 11) is 0. The predicted molar refractivity (Wildman–Crippen MR) is 62.5 cm³/mol. The maximum Gasteiger partial charge on any atom is 0.131 e. The van der Waals surface area contributed by atoms with Gasteiger partial charge in [0.2, 0.25) is 0 Å². The van der Waals surface area contributed by atoms with Crippen LogP contribution in [0.15, 0.2) is 36.7 Å². The summed E-state index contributed by atoms with van der Waals surface area (Å²) in [6, 6.07) is 6.18. The van der Waals surface area contributed by atoms with E-state index in [2.05, 4.69) is 4.98 Å². The second-order valence-electron chi connectivity index (χ2n) is 3.36. The lowest BCUT2D eigenvalue weighted by Gasteiger charge is -2.08. The minimum atomic E-state index is -0.315. The summed E-state index contributed by atoms with van der Waals surface area (Å²) in [5.74, 6) is -0.315. The number of nitrogens with zero attached hydrogens (tertiary/aromatic N) is 1. The van der Waals surface area contributed by atoms with E-state index >= 15 is 0 Å². The van der Waals surface area contributed by atoms with Crippen molar-refractivity contribution >= 4 is 11.6 Å². The lowest BCUT2D eigenvalue weighted by Crippen LogP contribution is -2.00. The van der Waals surface area contributed by atoms with Crippen LogP contribution in [-0.2, 0) is 6.54 Å². The lowest BCUT2D eigenvalue weighted by molar-refractivity contribution is 0.631. The Bertz CT molecular complexity index is 514. The fourth-order valence-electron chi connectivity index (χ4n) is 1.56. The number of hydrogen-bond donors (Lipinski definition) is 1. The first-order chi connectivity index (χ1) is 7.72. The summed E-state index contributed by atoms with van der Waals surface area (Å²) in [6.07, 6.45) is 3.24. The maximum absolute atomic E-state index is 13.7. The molecule has 2 rings (SSSR count). The topological polar surface area (TPSA) is 38.9 Å². The normalized spacial score (nSPS) is 10.4. The number of benzene rings is 1. The standard InChI is InChI=1S/C12H10ClFN2/c13-9-1-2-12(14)11(5-9)10-3-4-16-7-8(10)6-15/h1-5,7H,6,15H2. The van der Waals surface area contributed by atoms with Crippen LogP contribution in [0.1, 0.15) is 5.56 Å². The van der Waals surface area contributed by atoms with Crippen LogP contribution in [0.5, 0.6) is 0 Å². The Labute approximate surface area is 97.9 Å². The molecule has 0 amide bonds. The van der Waals surface area contributed by atoms with Crippen molar-refractivity contribution in [1.82, 2.24) is 4.98 Å². The number of aromatic nitrogens is 1. The highest BCUT2D eigenvalue weighted by Crippen LogP contribution is 2.28. The molecular formula is C12H10ClFN2. The Morgan fingerprint density at radius 3 is 2.81 bits per heavy atom. The average molecular weight is 237 g/mol. The van der Waals surface area contributed by atoms with Gasteiger partial charge in [0.25, 0.3) is 0 Å². The van der Waals surface area contributed by atoms with Crippen LogP contribution >= 0.6 is 11.6 Å². The van der Waals surface area contributed by atoms with Crippen molar-refractivity contribution < 1.29 is 4.39 Å². The van der Waals surface area contributed by atoms with E-state index in [9.17, 15) is 4.39 Å². The summed E-state index contributed by atoms with van der Waals surface area (Å²) in [4.78, 5) is 3.96. The van der Waals surface area contributed by atoms with Gasteiger partial charge in [-0.2, -0.15) is 0 Å². The molecule has 0 aliphatic carbocycles. The van der Waals surface area contributed by atoms with Gasteiger partial charge in [-0.3, -0.25) is 4.98 Å². The van der Waals surface area contributed by atoms with Crippen molar-refractivity contribution in [1.29, 1.82) is 0 Å². The van der Waals surface area contributed by atoms with E-state index in [4.69, 9.17) is 17.3 Å². The Hall–Kier alpha value is -1.45. The van der Waals surface area contributed by atoms with Crippen LogP contribution < -0.4 is 5.73 Å². The summed E-state index contributed by atoms with van der Waals surface area (Å²) in [5, 5.41) is 0.496. The van der Waals surface area contributed by atoms with Crippen molar-refractivity contribution in [2.45, 2.75) is 6.54 Å². The first kappa shape index (κ1) is 11.0. The first-order valence-electron chi connectivity index (χ1n) is 4.80. The highest BCUT2D eigenvalue weighted by atomic mass is 35.5. The fraction of sp³-hybridized carbons (Fsp3) is 0.0833. The van der Waals surface area contributed by atoms with Crippen LogP contribution in [0, 0.1) is 5.82 Å². The Kier molecular flexibility index (Phi) is 3.17. The minimum absolute atomic E-state index is 0.315.